The van der Waals surface area contributed by atoms with E-state index in [4.69, 9.17) is 10.6 Å². The molecule has 16 heavy (non-hydrogen) atoms. The molecule has 0 aliphatic carbocycles. The zero-order chi connectivity index (χ0) is 11.9. The number of nitrogens with two attached hydrogens (primary N) is 1. The van der Waals surface area contributed by atoms with Crippen molar-refractivity contribution in [3.8, 4) is 0 Å². The molecule has 1 rings (SSSR count). The van der Waals surface area contributed by atoms with Gasteiger partial charge in [-0.1, -0.05) is 18.9 Å². The van der Waals surface area contributed by atoms with Gasteiger partial charge in [-0.25, -0.2) is 0 Å². The molecule has 3 N–H and O–H groups in total. The normalized spacial score (nSPS) is 26.9. The summed E-state index contributed by atoms with van der Waals surface area (Å²) in [6, 6.07) is 0.290. The SMILES string of the molecule is C=CCCCCCC(NN)C1(C)CCCO1. The van der Waals surface area contributed by atoms with Crippen molar-refractivity contribution in [3.63, 3.8) is 0 Å². The fourth-order valence-corrected chi connectivity index (χ4v) is 2.45. The lowest BCUT2D eigenvalue weighted by Gasteiger charge is -2.32. The van der Waals surface area contributed by atoms with Gasteiger partial charge in [0.1, 0.15) is 0 Å². The molecular formula is C13H26N2O. The van der Waals surface area contributed by atoms with E-state index in [0.717, 1.165) is 32.3 Å². The van der Waals surface area contributed by atoms with Crippen molar-refractivity contribution in [1.29, 1.82) is 0 Å². The first-order chi connectivity index (χ1) is 7.73. The molecule has 0 saturated carbocycles. The lowest BCUT2D eigenvalue weighted by molar-refractivity contribution is -0.0145. The standard InChI is InChI=1S/C13H26N2O/c1-3-4-5-6-7-9-12(15-14)13(2)10-8-11-16-13/h3,12,15H,1,4-11,14H2,2H3. The van der Waals surface area contributed by atoms with E-state index in [1.54, 1.807) is 0 Å². The van der Waals surface area contributed by atoms with E-state index < -0.39 is 0 Å². The monoisotopic (exact) mass is 226 g/mol. The highest BCUT2D eigenvalue weighted by Crippen LogP contribution is 2.30. The van der Waals surface area contributed by atoms with Crippen LogP contribution in [0.5, 0.6) is 0 Å². The molecule has 0 spiro atoms. The molecule has 1 aliphatic heterocycles. The summed E-state index contributed by atoms with van der Waals surface area (Å²) in [6.07, 6.45) is 10.2. The van der Waals surface area contributed by atoms with Crippen LogP contribution in [0.2, 0.25) is 0 Å². The topological polar surface area (TPSA) is 47.3 Å². The zero-order valence-electron chi connectivity index (χ0n) is 10.5. The Balaban J connectivity index is 2.23. The number of rotatable bonds is 8. The predicted molar refractivity (Wildman–Crippen MR) is 68.0 cm³/mol. The van der Waals surface area contributed by atoms with Crippen LogP contribution in [0.25, 0.3) is 0 Å². The molecule has 0 aromatic carbocycles. The molecule has 2 unspecified atom stereocenters. The van der Waals surface area contributed by atoms with Gasteiger partial charge in [-0.3, -0.25) is 11.3 Å². The fraction of sp³-hybridized carbons (Fsp3) is 0.846. The quantitative estimate of drug-likeness (QED) is 0.289. The van der Waals surface area contributed by atoms with E-state index >= 15 is 0 Å². The minimum absolute atomic E-state index is 0.0484. The minimum Gasteiger partial charge on any atom is -0.374 e. The van der Waals surface area contributed by atoms with Crippen LogP contribution in [-0.2, 0) is 4.74 Å². The maximum Gasteiger partial charge on any atom is 0.0821 e. The highest BCUT2D eigenvalue weighted by atomic mass is 16.5. The molecule has 0 aromatic heterocycles. The van der Waals surface area contributed by atoms with Crippen molar-refractivity contribution in [2.24, 2.45) is 5.84 Å². The lowest BCUT2D eigenvalue weighted by Crippen LogP contribution is -2.51. The summed E-state index contributed by atoms with van der Waals surface area (Å²) in [6.45, 7) is 6.79. The van der Waals surface area contributed by atoms with Gasteiger partial charge in [-0.2, -0.15) is 0 Å². The average molecular weight is 226 g/mol. The highest BCUT2D eigenvalue weighted by Gasteiger charge is 2.37. The summed E-state index contributed by atoms with van der Waals surface area (Å²) in [5.74, 6) is 5.63. The number of hydrazine groups is 1. The van der Waals surface area contributed by atoms with Crippen LogP contribution in [0.1, 0.15) is 51.9 Å². The molecule has 1 aliphatic rings. The summed E-state index contributed by atoms with van der Waals surface area (Å²) in [4.78, 5) is 0. The molecule has 1 heterocycles. The molecule has 3 nitrogen and oxygen atoms in total. The Morgan fingerprint density at radius 2 is 2.31 bits per heavy atom. The Morgan fingerprint density at radius 1 is 1.50 bits per heavy atom. The predicted octanol–water partition coefficient (Wildman–Crippen LogP) is 2.52. The van der Waals surface area contributed by atoms with Gasteiger partial charge in [0, 0.05) is 12.6 Å². The molecule has 0 radical (unpaired) electrons. The molecule has 0 amide bonds. The van der Waals surface area contributed by atoms with E-state index in [9.17, 15) is 0 Å². The summed E-state index contributed by atoms with van der Waals surface area (Å²) < 4.78 is 5.81. The van der Waals surface area contributed by atoms with Gasteiger partial charge in [0.05, 0.1) is 5.60 Å². The van der Waals surface area contributed by atoms with Gasteiger partial charge in [0.15, 0.2) is 0 Å². The molecule has 1 saturated heterocycles. The maximum atomic E-state index is 5.81. The number of hydrogen-bond acceptors (Lipinski definition) is 3. The van der Waals surface area contributed by atoms with Crippen molar-refractivity contribution in [2.75, 3.05) is 6.61 Å². The summed E-state index contributed by atoms with van der Waals surface area (Å²) in [5, 5.41) is 0. The number of allylic oxidation sites excluding steroid dienone is 1. The number of hydrogen-bond donors (Lipinski definition) is 2. The third-order valence-corrected chi connectivity index (χ3v) is 3.59. The molecule has 94 valence electrons. The first-order valence-corrected chi connectivity index (χ1v) is 6.44. The summed E-state index contributed by atoms with van der Waals surface area (Å²) in [7, 11) is 0. The largest absolute Gasteiger partial charge is 0.374 e. The van der Waals surface area contributed by atoms with E-state index in [2.05, 4.69) is 18.9 Å². The second kappa shape index (κ2) is 7.05. The Morgan fingerprint density at radius 3 is 2.88 bits per heavy atom. The van der Waals surface area contributed by atoms with Crippen molar-refractivity contribution >= 4 is 0 Å². The van der Waals surface area contributed by atoms with Crippen LogP contribution >= 0.6 is 0 Å². The van der Waals surface area contributed by atoms with Gasteiger partial charge in [-0.15, -0.1) is 6.58 Å². The van der Waals surface area contributed by atoms with Gasteiger partial charge < -0.3 is 4.74 Å². The van der Waals surface area contributed by atoms with Crippen molar-refractivity contribution in [1.82, 2.24) is 5.43 Å². The maximum absolute atomic E-state index is 5.81. The molecular weight excluding hydrogens is 200 g/mol. The Bertz CT molecular complexity index is 200. The molecule has 0 aromatic rings. The van der Waals surface area contributed by atoms with Crippen molar-refractivity contribution in [3.05, 3.63) is 12.7 Å². The smallest absolute Gasteiger partial charge is 0.0821 e. The molecule has 0 bridgehead atoms. The third kappa shape index (κ3) is 3.89. The minimum atomic E-state index is -0.0484. The zero-order valence-corrected chi connectivity index (χ0v) is 10.5. The van der Waals surface area contributed by atoms with Crippen LogP contribution in [0.3, 0.4) is 0 Å². The van der Waals surface area contributed by atoms with Crippen molar-refractivity contribution < 1.29 is 4.74 Å². The second-order valence-corrected chi connectivity index (χ2v) is 4.91. The Kier molecular flexibility index (Phi) is 6.03. The van der Waals surface area contributed by atoms with Crippen LogP contribution < -0.4 is 11.3 Å². The van der Waals surface area contributed by atoms with Gasteiger partial charge in [0.2, 0.25) is 0 Å². The van der Waals surface area contributed by atoms with Gasteiger partial charge in [-0.05, 0) is 39.0 Å². The lowest BCUT2D eigenvalue weighted by atomic mass is 9.89. The molecule has 2 atom stereocenters. The van der Waals surface area contributed by atoms with E-state index in [1.165, 1.54) is 19.3 Å². The first-order valence-electron chi connectivity index (χ1n) is 6.44. The number of unbranched alkanes of at least 4 members (excludes halogenated alkanes) is 3. The summed E-state index contributed by atoms with van der Waals surface area (Å²) >= 11 is 0. The van der Waals surface area contributed by atoms with E-state index in [0.29, 0.717) is 6.04 Å². The van der Waals surface area contributed by atoms with Crippen LogP contribution in [0, 0.1) is 0 Å². The fourth-order valence-electron chi connectivity index (χ4n) is 2.45. The van der Waals surface area contributed by atoms with Crippen LogP contribution in [-0.4, -0.2) is 18.2 Å². The second-order valence-electron chi connectivity index (χ2n) is 4.91. The van der Waals surface area contributed by atoms with E-state index in [1.807, 2.05) is 6.08 Å². The highest BCUT2D eigenvalue weighted by molar-refractivity contribution is 4.91. The summed E-state index contributed by atoms with van der Waals surface area (Å²) in [5.41, 5.74) is 2.88. The van der Waals surface area contributed by atoms with Gasteiger partial charge >= 0.3 is 0 Å². The number of nitrogens with one attached hydrogen (secondary N) is 1. The third-order valence-electron chi connectivity index (χ3n) is 3.59. The first kappa shape index (κ1) is 13.7. The van der Waals surface area contributed by atoms with Crippen LogP contribution in [0.15, 0.2) is 12.7 Å². The Labute approximate surface area is 99.4 Å². The van der Waals surface area contributed by atoms with E-state index in [-0.39, 0.29) is 5.60 Å². The average Bonchev–Trinajstić information content (AvgIpc) is 2.71. The van der Waals surface area contributed by atoms with Crippen molar-refractivity contribution in [2.45, 2.75) is 63.5 Å². The van der Waals surface area contributed by atoms with Crippen LogP contribution in [0.4, 0.5) is 0 Å². The Hall–Kier alpha value is -0.380. The molecule has 3 heteroatoms. The molecule has 1 fully saturated rings. The number of ether oxygens (including phenoxy) is 1. The van der Waals surface area contributed by atoms with Gasteiger partial charge in [0.25, 0.3) is 0 Å².